The molecule has 9 nitrogen and oxygen atoms in total. The van der Waals surface area contributed by atoms with Crippen molar-refractivity contribution in [3.63, 3.8) is 0 Å². The SMILES string of the molecule is CN(C)S(=O)(=O)c1ccc2oc3nnc(SCC(=O)N4CCCCC4)n3c2c1. The average Bonchev–Trinajstić information content (AvgIpc) is 3.25. The van der Waals surface area contributed by atoms with Gasteiger partial charge in [-0.05, 0) is 37.5 Å². The van der Waals surface area contributed by atoms with Crippen LogP contribution in [0.25, 0.3) is 16.9 Å². The highest BCUT2D eigenvalue weighted by Crippen LogP contribution is 2.28. The molecule has 1 fully saturated rings. The third kappa shape index (κ3) is 3.38. The molecule has 3 heterocycles. The van der Waals surface area contributed by atoms with Crippen molar-refractivity contribution in [3.8, 4) is 0 Å². The topological polar surface area (TPSA) is 101 Å². The quantitative estimate of drug-likeness (QED) is 0.577. The molecule has 0 bridgehead atoms. The summed E-state index contributed by atoms with van der Waals surface area (Å²) in [5.41, 5.74) is 1.06. The number of benzene rings is 1. The largest absolute Gasteiger partial charge is 0.422 e. The number of hydrogen-bond donors (Lipinski definition) is 0. The van der Waals surface area contributed by atoms with Crippen LogP contribution in [0.3, 0.4) is 0 Å². The van der Waals surface area contributed by atoms with Crippen molar-refractivity contribution in [1.29, 1.82) is 0 Å². The highest BCUT2D eigenvalue weighted by atomic mass is 32.2. The van der Waals surface area contributed by atoms with Gasteiger partial charge in [-0.15, -0.1) is 5.10 Å². The maximum absolute atomic E-state index is 12.4. The van der Waals surface area contributed by atoms with Gasteiger partial charge in [0.05, 0.1) is 16.2 Å². The van der Waals surface area contributed by atoms with Crippen LogP contribution in [0.1, 0.15) is 19.3 Å². The van der Waals surface area contributed by atoms with Gasteiger partial charge in [-0.2, -0.15) is 0 Å². The fourth-order valence-electron chi connectivity index (χ4n) is 3.21. The van der Waals surface area contributed by atoms with E-state index in [0.717, 1.165) is 30.2 Å². The first kappa shape index (κ1) is 19.2. The molecular formula is C17H21N5O4S2. The van der Waals surface area contributed by atoms with E-state index in [1.54, 1.807) is 16.5 Å². The van der Waals surface area contributed by atoms with Crippen molar-refractivity contribution >= 4 is 44.6 Å². The summed E-state index contributed by atoms with van der Waals surface area (Å²) in [5, 5.41) is 8.61. The molecule has 0 aliphatic carbocycles. The van der Waals surface area contributed by atoms with E-state index in [1.165, 1.54) is 38.3 Å². The Kier molecular flexibility index (Phi) is 5.06. The van der Waals surface area contributed by atoms with Gasteiger partial charge in [-0.1, -0.05) is 16.9 Å². The Labute approximate surface area is 166 Å². The molecule has 4 rings (SSSR count). The number of carbonyl (C=O) groups excluding carboxylic acids is 1. The van der Waals surface area contributed by atoms with Gasteiger partial charge >= 0.3 is 5.84 Å². The molecule has 0 spiro atoms. The Bertz CT molecular complexity index is 1130. The molecule has 0 radical (unpaired) electrons. The van der Waals surface area contributed by atoms with E-state index in [2.05, 4.69) is 10.2 Å². The van der Waals surface area contributed by atoms with Gasteiger partial charge in [0.2, 0.25) is 15.9 Å². The molecule has 1 aliphatic heterocycles. The van der Waals surface area contributed by atoms with Gasteiger partial charge in [0.15, 0.2) is 10.7 Å². The molecular weight excluding hydrogens is 402 g/mol. The maximum atomic E-state index is 12.4. The minimum atomic E-state index is -3.58. The molecule has 11 heteroatoms. The van der Waals surface area contributed by atoms with Gasteiger partial charge in [0.25, 0.3) is 0 Å². The zero-order valence-corrected chi connectivity index (χ0v) is 17.3. The second-order valence-electron chi connectivity index (χ2n) is 6.85. The monoisotopic (exact) mass is 423 g/mol. The van der Waals surface area contributed by atoms with E-state index >= 15 is 0 Å². The van der Waals surface area contributed by atoms with Crippen molar-refractivity contribution in [2.75, 3.05) is 32.9 Å². The molecule has 1 aromatic carbocycles. The Balaban J connectivity index is 1.65. The average molecular weight is 424 g/mol. The molecule has 3 aromatic rings. The van der Waals surface area contributed by atoms with Crippen LogP contribution in [0, 0.1) is 0 Å². The highest BCUT2D eigenvalue weighted by Gasteiger charge is 2.22. The van der Waals surface area contributed by atoms with Crippen molar-refractivity contribution in [3.05, 3.63) is 18.2 Å². The Morgan fingerprint density at radius 3 is 2.68 bits per heavy atom. The van der Waals surface area contributed by atoms with Crippen LogP contribution in [-0.4, -0.2) is 71.1 Å². The van der Waals surface area contributed by atoms with E-state index in [1.807, 2.05) is 4.90 Å². The van der Waals surface area contributed by atoms with Gasteiger partial charge in [0, 0.05) is 27.2 Å². The molecule has 28 heavy (non-hydrogen) atoms. The maximum Gasteiger partial charge on any atom is 0.328 e. The molecule has 0 saturated carbocycles. The number of oxazole rings is 1. The second-order valence-corrected chi connectivity index (χ2v) is 9.94. The lowest BCUT2D eigenvalue weighted by Crippen LogP contribution is -2.36. The zero-order chi connectivity index (χ0) is 19.9. The highest BCUT2D eigenvalue weighted by molar-refractivity contribution is 7.99. The summed E-state index contributed by atoms with van der Waals surface area (Å²) < 4.78 is 33.4. The standard InChI is InChI=1S/C17H21N5O4S2/c1-20(2)28(24,25)12-6-7-14-13(10-12)22-16(26-14)18-19-17(22)27-11-15(23)21-8-4-3-5-9-21/h6-7,10H,3-5,8-9,11H2,1-2H3. The number of aromatic nitrogens is 3. The van der Waals surface area contributed by atoms with Crippen LogP contribution in [0.2, 0.25) is 0 Å². The first-order chi connectivity index (χ1) is 13.4. The van der Waals surface area contributed by atoms with Crippen LogP contribution in [0.5, 0.6) is 0 Å². The van der Waals surface area contributed by atoms with E-state index in [-0.39, 0.29) is 22.4 Å². The third-order valence-corrected chi connectivity index (χ3v) is 7.51. The van der Waals surface area contributed by atoms with Crippen molar-refractivity contribution in [2.45, 2.75) is 29.3 Å². The normalized spacial score (nSPS) is 15.8. The molecule has 0 atom stereocenters. The fourth-order valence-corrected chi connectivity index (χ4v) is 4.97. The summed E-state index contributed by atoms with van der Waals surface area (Å²) in [4.78, 5) is 14.5. The summed E-state index contributed by atoms with van der Waals surface area (Å²) in [7, 11) is -0.615. The lowest BCUT2D eigenvalue weighted by molar-refractivity contribution is -0.129. The number of fused-ring (bicyclic) bond motifs is 3. The smallest absolute Gasteiger partial charge is 0.328 e. The van der Waals surface area contributed by atoms with Gasteiger partial charge in [-0.3, -0.25) is 4.79 Å². The Hall–Kier alpha value is -2.11. The number of nitrogens with zero attached hydrogens (tertiary/aromatic N) is 5. The lowest BCUT2D eigenvalue weighted by Gasteiger charge is -2.26. The number of amides is 1. The lowest BCUT2D eigenvalue weighted by atomic mass is 10.1. The summed E-state index contributed by atoms with van der Waals surface area (Å²) >= 11 is 1.28. The third-order valence-electron chi connectivity index (χ3n) is 4.79. The van der Waals surface area contributed by atoms with Gasteiger partial charge in [-0.25, -0.2) is 17.1 Å². The number of rotatable bonds is 5. The van der Waals surface area contributed by atoms with Crippen LogP contribution in [0.4, 0.5) is 0 Å². The molecule has 0 N–H and O–H groups in total. The van der Waals surface area contributed by atoms with E-state index in [4.69, 9.17) is 4.42 Å². The minimum Gasteiger partial charge on any atom is -0.422 e. The number of likely N-dealkylation sites (tertiary alicyclic amines) is 1. The van der Waals surface area contributed by atoms with Crippen LogP contribution in [0.15, 0.2) is 32.7 Å². The number of thioether (sulfide) groups is 1. The van der Waals surface area contributed by atoms with Crippen LogP contribution >= 0.6 is 11.8 Å². The minimum absolute atomic E-state index is 0.0742. The van der Waals surface area contributed by atoms with E-state index in [0.29, 0.717) is 16.3 Å². The first-order valence-corrected chi connectivity index (χ1v) is 11.4. The Morgan fingerprint density at radius 2 is 1.96 bits per heavy atom. The van der Waals surface area contributed by atoms with Crippen molar-refractivity contribution in [2.24, 2.45) is 0 Å². The molecule has 150 valence electrons. The predicted molar refractivity (Wildman–Crippen MR) is 105 cm³/mol. The number of carbonyl (C=O) groups is 1. The molecule has 1 aliphatic rings. The molecule has 1 saturated heterocycles. The van der Waals surface area contributed by atoms with E-state index in [9.17, 15) is 13.2 Å². The van der Waals surface area contributed by atoms with Crippen LogP contribution in [-0.2, 0) is 14.8 Å². The summed E-state index contributed by atoms with van der Waals surface area (Å²) in [6, 6.07) is 4.65. The fraction of sp³-hybridized carbons (Fsp3) is 0.471. The van der Waals surface area contributed by atoms with Crippen molar-refractivity contribution < 1.29 is 17.6 Å². The van der Waals surface area contributed by atoms with E-state index < -0.39 is 10.0 Å². The number of piperidine rings is 1. The summed E-state index contributed by atoms with van der Waals surface area (Å²) in [6.45, 7) is 1.60. The molecule has 2 aromatic heterocycles. The zero-order valence-electron chi connectivity index (χ0n) is 15.7. The van der Waals surface area contributed by atoms with Crippen LogP contribution < -0.4 is 0 Å². The first-order valence-electron chi connectivity index (χ1n) is 8.99. The number of sulfonamides is 1. The number of hydrogen-bond acceptors (Lipinski definition) is 7. The summed E-state index contributed by atoms with van der Waals surface area (Å²) in [6.07, 6.45) is 3.25. The Morgan fingerprint density at radius 1 is 1.21 bits per heavy atom. The molecule has 0 unspecified atom stereocenters. The predicted octanol–water partition coefficient (Wildman–Crippen LogP) is 1.83. The summed E-state index contributed by atoms with van der Waals surface area (Å²) in [5.74, 6) is 0.593. The molecule has 1 amide bonds. The second kappa shape index (κ2) is 7.37. The van der Waals surface area contributed by atoms with Crippen molar-refractivity contribution in [1.82, 2.24) is 23.8 Å². The van der Waals surface area contributed by atoms with Gasteiger partial charge in [0.1, 0.15) is 0 Å². The van der Waals surface area contributed by atoms with Gasteiger partial charge < -0.3 is 9.32 Å².